The molecule has 2 N–H and O–H groups in total. The number of benzene rings is 2. The lowest BCUT2D eigenvalue weighted by Gasteiger charge is -2.34. The highest BCUT2D eigenvalue weighted by atomic mass is 16.1. The van der Waals surface area contributed by atoms with Gasteiger partial charge >= 0.3 is 0 Å². The standard InChI is InChI=1S/C24H32N4O/c1-3-26-24(27-18-21-9-11-22(12-10-21)23(29)25-2)28-15-13-20(14-16-28)17-19-7-5-4-6-8-19/h4-12,20H,3,13-18H2,1-2H3,(H,25,29)(H,26,27). The van der Waals surface area contributed by atoms with Crippen LogP contribution in [0.5, 0.6) is 0 Å². The largest absolute Gasteiger partial charge is 0.357 e. The number of hydrogen-bond acceptors (Lipinski definition) is 2. The number of nitrogens with zero attached hydrogens (tertiary/aromatic N) is 2. The summed E-state index contributed by atoms with van der Waals surface area (Å²) in [4.78, 5) is 18.9. The highest BCUT2D eigenvalue weighted by Crippen LogP contribution is 2.22. The smallest absolute Gasteiger partial charge is 0.251 e. The van der Waals surface area contributed by atoms with Crippen LogP contribution in [0, 0.1) is 5.92 Å². The van der Waals surface area contributed by atoms with Crippen LogP contribution >= 0.6 is 0 Å². The summed E-state index contributed by atoms with van der Waals surface area (Å²) in [6.45, 7) is 5.66. The highest BCUT2D eigenvalue weighted by molar-refractivity contribution is 5.93. The number of nitrogens with one attached hydrogen (secondary N) is 2. The van der Waals surface area contributed by atoms with Crippen molar-refractivity contribution in [3.8, 4) is 0 Å². The van der Waals surface area contributed by atoms with Gasteiger partial charge in [-0.05, 0) is 55.4 Å². The Bertz CT molecular complexity index is 793. The lowest BCUT2D eigenvalue weighted by molar-refractivity contribution is 0.0963. The maximum absolute atomic E-state index is 11.7. The van der Waals surface area contributed by atoms with E-state index in [1.807, 2.05) is 24.3 Å². The molecule has 0 saturated carbocycles. The third kappa shape index (κ3) is 6.08. The van der Waals surface area contributed by atoms with Gasteiger partial charge in [-0.25, -0.2) is 4.99 Å². The fraction of sp³-hybridized carbons (Fsp3) is 0.417. The van der Waals surface area contributed by atoms with E-state index in [1.54, 1.807) is 7.05 Å². The molecule has 5 nitrogen and oxygen atoms in total. The van der Waals surface area contributed by atoms with E-state index in [0.717, 1.165) is 37.1 Å². The van der Waals surface area contributed by atoms with Gasteiger partial charge in [-0.15, -0.1) is 0 Å². The number of aliphatic imine (C=N–C) groups is 1. The van der Waals surface area contributed by atoms with Crippen LogP contribution in [-0.2, 0) is 13.0 Å². The van der Waals surface area contributed by atoms with Gasteiger partial charge in [0.25, 0.3) is 5.91 Å². The summed E-state index contributed by atoms with van der Waals surface area (Å²) >= 11 is 0. The normalized spacial score (nSPS) is 15.2. The summed E-state index contributed by atoms with van der Waals surface area (Å²) in [5.41, 5.74) is 3.21. The molecule has 1 aliphatic heterocycles. The maximum atomic E-state index is 11.7. The first kappa shape index (κ1) is 20.9. The Balaban J connectivity index is 1.56. The van der Waals surface area contributed by atoms with Gasteiger partial charge in [0.15, 0.2) is 5.96 Å². The molecule has 0 aromatic heterocycles. The molecule has 0 radical (unpaired) electrons. The van der Waals surface area contributed by atoms with Crippen molar-refractivity contribution >= 4 is 11.9 Å². The molecule has 1 aliphatic rings. The minimum absolute atomic E-state index is 0.0632. The lowest BCUT2D eigenvalue weighted by Crippen LogP contribution is -2.45. The third-order valence-corrected chi connectivity index (χ3v) is 5.47. The summed E-state index contributed by atoms with van der Waals surface area (Å²) in [5.74, 6) is 1.67. The van der Waals surface area contributed by atoms with E-state index in [-0.39, 0.29) is 5.91 Å². The molecular weight excluding hydrogens is 360 g/mol. The van der Waals surface area contributed by atoms with Gasteiger partial charge in [0, 0.05) is 32.2 Å². The van der Waals surface area contributed by atoms with Crippen LogP contribution < -0.4 is 10.6 Å². The number of guanidine groups is 1. The van der Waals surface area contributed by atoms with Crippen molar-refractivity contribution in [2.45, 2.75) is 32.7 Å². The molecule has 5 heteroatoms. The average molecular weight is 393 g/mol. The first-order valence-electron chi connectivity index (χ1n) is 10.6. The van der Waals surface area contributed by atoms with E-state index < -0.39 is 0 Å². The van der Waals surface area contributed by atoms with Gasteiger partial charge in [0.2, 0.25) is 0 Å². The highest BCUT2D eigenvalue weighted by Gasteiger charge is 2.21. The van der Waals surface area contributed by atoms with Crippen molar-refractivity contribution < 1.29 is 4.79 Å². The van der Waals surface area contributed by atoms with Gasteiger partial charge in [-0.1, -0.05) is 42.5 Å². The summed E-state index contributed by atoms with van der Waals surface area (Å²) in [5, 5.41) is 6.08. The lowest BCUT2D eigenvalue weighted by atomic mass is 9.90. The number of carbonyl (C=O) groups is 1. The fourth-order valence-electron chi connectivity index (χ4n) is 3.79. The molecule has 0 aliphatic carbocycles. The zero-order chi connectivity index (χ0) is 20.5. The Morgan fingerprint density at radius 3 is 2.34 bits per heavy atom. The second-order valence-corrected chi connectivity index (χ2v) is 7.57. The number of hydrogen-bond donors (Lipinski definition) is 2. The van der Waals surface area contributed by atoms with Crippen LogP contribution in [0.1, 0.15) is 41.3 Å². The van der Waals surface area contributed by atoms with Crippen LogP contribution in [-0.4, -0.2) is 43.4 Å². The fourth-order valence-corrected chi connectivity index (χ4v) is 3.79. The summed E-state index contributed by atoms with van der Waals surface area (Å²) < 4.78 is 0. The first-order chi connectivity index (χ1) is 14.2. The summed E-state index contributed by atoms with van der Waals surface area (Å²) in [7, 11) is 1.65. The Morgan fingerprint density at radius 1 is 1.03 bits per heavy atom. The van der Waals surface area contributed by atoms with E-state index in [2.05, 4.69) is 52.8 Å². The molecule has 154 valence electrons. The zero-order valence-electron chi connectivity index (χ0n) is 17.5. The molecule has 0 bridgehead atoms. The molecule has 0 atom stereocenters. The van der Waals surface area contributed by atoms with Crippen molar-refractivity contribution in [1.29, 1.82) is 0 Å². The molecule has 29 heavy (non-hydrogen) atoms. The number of amides is 1. The molecule has 2 aromatic carbocycles. The van der Waals surface area contributed by atoms with Crippen LogP contribution in [0.4, 0.5) is 0 Å². The van der Waals surface area contributed by atoms with Crippen LogP contribution in [0.25, 0.3) is 0 Å². The SMILES string of the molecule is CCNC(=NCc1ccc(C(=O)NC)cc1)N1CCC(Cc2ccccc2)CC1. The van der Waals surface area contributed by atoms with E-state index >= 15 is 0 Å². The predicted molar refractivity (Wildman–Crippen MR) is 119 cm³/mol. The van der Waals surface area contributed by atoms with E-state index in [4.69, 9.17) is 4.99 Å². The van der Waals surface area contributed by atoms with Crippen LogP contribution in [0.3, 0.4) is 0 Å². The maximum Gasteiger partial charge on any atom is 0.251 e. The molecule has 2 aromatic rings. The Kier molecular flexibility index (Phi) is 7.68. The van der Waals surface area contributed by atoms with E-state index in [9.17, 15) is 4.79 Å². The summed E-state index contributed by atoms with van der Waals surface area (Å²) in [6, 6.07) is 18.5. The molecule has 1 amide bonds. The van der Waals surface area contributed by atoms with Gasteiger partial charge in [-0.2, -0.15) is 0 Å². The third-order valence-electron chi connectivity index (χ3n) is 5.47. The number of rotatable bonds is 6. The second-order valence-electron chi connectivity index (χ2n) is 7.57. The quantitative estimate of drug-likeness (QED) is 0.585. The molecule has 1 saturated heterocycles. The first-order valence-corrected chi connectivity index (χ1v) is 10.6. The molecule has 0 spiro atoms. The molecule has 1 fully saturated rings. The van der Waals surface area contributed by atoms with Crippen molar-refractivity contribution in [1.82, 2.24) is 15.5 Å². The zero-order valence-corrected chi connectivity index (χ0v) is 17.5. The predicted octanol–water partition coefficient (Wildman–Crippen LogP) is 3.47. The van der Waals surface area contributed by atoms with E-state index in [0.29, 0.717) is 12.1 Å². The topological polar surface area (TPSA) is 56.7 Å². The van der Waals surface area contributed by atoms with Gasteiger partial charge in [-0.3, -0.25) is 4.79 Å². The Labute approximate surface area is 174 Å². The Morgan fingerprint density at radius 2 is 1.72 bits per heavy atom. The molecule has 1 heterocycles. The van der Waals surface area contributed by atoms with Gasteiger partial charge < -0.3 is 15.5 Å². The molecule has 0 unspecified atom stereocenters. The number of likely N-dealkylation sites (tertiary alicyclic amines) is 1. The van der Waals surface area contributed by atoms with Gasteiger partial charge in [0.1, 0.15) is 0 Å². The van der Waals surface area contributed by atoms with Crippen LogP contribution in [0.15, 0.2) is 59.6 Å². The molecular formula is C24H32N4O. The van der Waals surface area contributed by atoms with Crippen LogP contribution in [0.2, 0.25) is 0 Å². The van der Waals surface area contributed by atoms with Gasteiger partial charge in [0.05, 0.1) is 6.54 Å². The minimum atomic E-state index is -0.0632. The monoisotopic (exact) mass is 392 g/mol. The summed E-state index contributed by atoms with van der Waals surface area (Å²) in [6.07, 6.45) is 3.56. The van der Waals surface area contributed by atoms with E-state index in [1.165, 1.54) is 24.8 Å². The van der Waals surface area contributed by atoms with Crippen molar-refractivity contribution in [2.24, 2.45) is 10.9 Å². The van der Waals surface area contributed by atoms with Crippen molar-refractivity contribution in [3.63, 3.8) is 0 Å². The average Bonchev–Trinajstić information content (AvgIpc) is 2.78. The number of carbonyl (C=O) groups excluding carboxylic acids is 1. The number of piperidine rings is 1. The minimum Gasteiger partial charge on any atom is -0.357 e. The Hall–Kier alpha value is -2.82. The van der Waals surface area contributed by atoms with Crippen molar-refractivity contribution in [2.75, 3.05) is 26.7 Å². The van der Waals surface area contributed by atoms with Crippen molar-refractivity contribution in [3.05, 3.63) is 71.3 Å². The molecule has 3 rings (SSSR count). The second kappa shape index (κ2) is 10.6.